The summed E-state index contributed by atoms with van der Waals surface area (Å²) >= 11 is 6.27. The molecule has 2 heterocycles. The Bertz CT molecular complexity index is 950. The first-order valence-electron chi connectivity index (χ1n) is 7.70. The first-order chi connectivity index (χ1) is 11.8. The lowest BCUT2D eigenvalue weighted by molar-refractivity contribution is 1.02. The minimum Gasteiger partial charge on any atom is -0.326 e. The molecule has 2 aromatic carbocycles. The van der Waals surface area contributed by atoms with Crippen LogP contribution in [-0.2, 0) is 13.1 Å². The highest BCUT2D eigenvalue weighted by molar-refractivity contribution is 6.31. The zero-order chi connectivity index (χ0) is 16.5. The largest absolute Gasteiger partial charge is 0.326 e. The third-order valence-electron chi connectivity index (χ3n) is 4.18. The molecule has 4 nitrogen and oxygen atoms in total. The smallest absolute Gasteiger partial charge is 0.116 e. The van der Waals surface area contributed by atoms with Crippen LogP contribution >= 0.6 is 11.6 Å². The monoisotopic (exact) mass is 334 g/mol. The molecular formula is C19H15ClN4. The molecule has 1 aromatic heterocycles. The zero-order valence-electron chi connectivity index (χ0n) is 12.9. The summed E-state index contributed by atoms with van der Waals surface area (Å²) in [7, 11) is 0. The summed E-state index contributed by atoms with van der Waals surface area (Å²) in [4.78, 5) is 13.5. The number of benzene rings is 2. The molecule has 1 aliphatic rings. The van der Waals surface area contributed by atoms with Crippen molar-refractivity contribution < 1.29 is 0 Å². The Morgan fingerprint density at radius 3 is 2.79 bits per heavy atom. The summed E-state index contributed by atoms with van der Waals surface area (Å²) < 4.78 is 0. The Kier molecular flexibility index (Phi) is 3.84. The van der Waals surface area contributed by atoms with E-state index in [2.05, 4.69) is 9.97 Å². The lowest BCUT2D eigenvalue weighted by Gasteiger charge is -2.13. The molecule has 0 spiro atoms. The summed E-state index contributed by atoms with van der Waals surface area (Å²) in [6.07, 6.45) is 3.39. The van der Waals surface area contributed by atoms with Gasteiger partial charge in [-0.1, -0.05) is 41.9 Å². The van der Waals surface area contributed by atoms with E-state index in [9.17, 15) is 0 Å². The summed E-state index contributed by atoms with van der Waals surface area (Å²) in [6, 6.07) is 13.9. The minimum absolute atomic E-state index is 0.456. The van der Waals surface area contributed by atoms with E-state index < -0.39 is 0 Å². The van der Waals surface area contributed by atoms with Gasteiger partial charge in [0.2, 0.25) is 0 Å². The number of aromatic nitrogens is 2. The summed E-state index contributed by atoms with van der Waals surface area (Å²) in [5.41, 5.74) is 12.8. The number of hydrogen-bond acceptors (Lipinski definition) is 4. The van der Waals surface area contributed by atoms with Crippen molar-refractivity contribution in [1.29, 1.82) is 0 Å². The van der Waals surface area contributed by atoms with Gasteiger partial charge >= 0.3 is 0 Å². The van der Waals surface area contributed by atoms with Gasteiger partial charge in [-0.25, -0.2) is 9.97 Å². The van der Waals surface area contributed by atoms with Gasteiger partial charge in [-0.05, 0) is 17.7 Å². The van der Waals surface area contributed by atoms with Crippen LogP contribution in [0.2, 0.25) is 5.02 Å². The van der Waals surface area contributed by atoms with Gasteiger partial charge in [0.1, 0.15) is 6.33 Å². The first-order valence-corrected chi connectivity index (χ1v) is 8.07. The van der Waals surface area contributed by atoms with E-state index in [4.69, 9.17) is 22.3 Å². The lowest BCUT2D eigenvalue weighted by atomic mass is 9.93. The second-order valence-electron chi connectivity index (χ2n) is 5.61. The van der Waals surface area contributed by atoms with Gasteiger partial charge in [0.05, 0.1) is 18.0 Å². The predicted octanol–water partition coefficient (Wildman–Crippen LogP) is 3.61. The highest BCUT2D eigenvalue weighted by Gasteiger charge is 2.21. The lowest BCUT2D eigenvalue weighted by Crippen LogP contribution is -2.10. The van der Waals surface area contributed by atoms with Crippen molar-refractivity contribution in [3.8, 4) is 11.3 Å². The van der Waals surface area contributed by atoms with E-state index in [1.807, 2.05) is 48.7 Å². The van der Waals surface area contributed by atoms with Gasteiger partial charge in [-0.15, -0.1) is 0 Å². The maximum atomic E-state index is 6.27. The summed E-state index contributed by atoms with van der Waals surface area (Å²) in [6.45, 7) is 0.981. The Morgan fingerprint density at radius 2 is 1.92 bits per heavy atom. The number of nitrogens with two attached hydrogens (primary N) is 1. The van der Waals surface area contributed by atoms with Crippen LogP contribution in [-0.4, -0.2) is 15.7 Å². The molecule has 1 aliphatic heterocycles. The topological polar surface area (TPSA) is 64.2 Å². The molecule has 0 radical (unpaired) electrons. The number of fused-ring (bicyclic) bond motifs is 3. The number of rotatable bonds is 2. The molecule has 2 N–H and O–H groups in total. The van der Waals surface area contributed by atoms with Crippen LogP contribution in [0.25, 0.3) is 11.3 Å². The van der Waals surface area contributed by atoms with E-state index >= 15 is 0 Å². The van der Waals surface area contributed by atoms with Crippen molar-refractivity contribution in [1.82, 2.24) is 9.97 Å². The fraction of sp³-hybridized carbons (Fsp3) is 0.105. The molecule has 0 bridgehead atoms. The van der Waals surface area contributed by atoms with Gasteiger partial charge in [0.15, 0.2) is 0 Å². The maximum absolute atomic E-state index is 6.27. The van der Waals surface area contributed by atoms with Crippen LogP contribution in [0.1, 0.15) is 22.3 Å². The van der Waals surface area contributed by atoms with Crippen LogP contribution in [0.4, 0.5) is 0 Å². The van der Waals surface area contributed by atoms with Gasteiger partial charge in [0, 0.05) is 40.0 Å². The molecule has 24 heavy (non-hydrogen) atoms. The van der Waals surface area contributed by atoms with E-state index in [0.29, 0.717) is 18.1 Å². The maximum Gasteiger partial charge on any atom is 0.116 e. The van der Waals surface area contributed by atoms with E-state index in [1.165, 1.54) is 0 Å². The summed E-state index contributed by atoms with van der Waals surface area (Å²) in [5, 5.41) is 0.671. The standard InChI is InChI=1S/C19H15ClN4/c20-14-5-6-16-17(7-14)19(15-4-2-1-3-12(15)8-21)23-10-13-9-22-11-24-18(13)16/h1-7,9,11H,8,10,21H2. The quantitative estimate of drug-likeness (QED) is 0.778. The zero-order valence-corrected chi connectivity index (χ0v) is 13.7. The van der Waals surface area contributed by atoms with Gasteiger partial charge in [-0.2, -0.15) is 0 Å². The van der Waals surface area contributed by atoms with Crippen molar-refractivity contribution in [2.45, 2.75) is 13.1 Å². The van der Waals surface area contributed by atoms with E-state index in [1.54, 1.807) is 6.33 Å². The highest BCUT2D eigenvalue weighted by atomic mass is 35.5. The minimum atomic E-state index is 0.456. The van der Waals surface area contributed by atoms with Crippen molar-refractivity contribution in [2.75, 3.05) is 0 Å². The van der Waals surface area contributed by atoms with Crippen LogP contribution < -0.4 is 5.73 Å². The molecule has 0 amide bonds. The van der Waals surface area contributed by atoms with Crippen molar-refractivity contribution in [3.63, 3.8) is 0 Å². The number of hydrogen-bond donors (Lipinski definition) is 1. The van der Waals surface area contributed by atoms with Gasteiger partial charge in [-0.3, -0.25) is 4.99 Å². The average Bonchev–Trinajstić information content (AvgIpc) is 2.78. The van der Waals surface area contributed by atoms with E-state index in [-0.39, 0.29) is 0 Å². The number of halogens is 1. The molecule has 4 rings (SSSR count). The average molecular weight is 335 g/mol. The van der Waals surface area contributed by atoms with Crippen molar-refractivity contribution in [2.24, 2.45) is 10.7 Å². The van der Waals surface area contributed by atoms with Crippen LogP contribution in [0.15, 0.2) is 60.0 Å². The molecule has 0 aliphatic carbocycles. The number of nitrogens with zero attached hydrogens (tertiary/aromatic N) is 3. The van der Waals surface area contributed by atoms with Crippen LogP contribution in [0, 0.1) is 0 Å². The Labute approximate surface area is 145 Å². The normalized spacial score (nSPS) is 12.8. The third-order valence-corrected chi connectivity index (χ3v) is 4.41. The van der Waals surface area contributed by atoms with Gasteiger partial charge < -0.3 is 5.73 Å². The molecule has 0 atom stereocenters. The first kappa shape index (κ1) is 15.0. The molecule has 3 aromatic rings. The Balaban J connectivity index is 2.01. The third kappa shape index (κ3) is 2.50. The van der Waals surface area contributed by atoms with Crippen LogP contribution in [0.5, 0.6) is 0 Å². The fourth-order valence-corrected chi connectivity index (χ4v) is 3.22. The second kappa shape index (κ2) is 6.15. The van der Waals surface area contributed by atoms with Gasteiger partial charge in [0.25, 0.3) is 0 Å². The highest BCUT2D eigenvalue weighted by Crippen LogP contribution is 2.33. The fourth-order valence-electron chi connectivity index (χ4n) is 3.04. The molecule has 0 unspecified atom stereocenters. The van der Waals surface area contributed by atoms with Crippen LogP contribution in [0.3, 0.4) is 0 Å². The number of aliphatic imine (C=N–C) groups is 1. The summed E-state index contributed by atoms with van der Waals surface area (Å²) in [5.74, 6) is 0. The second-order valence-corrected chi connectivity index (χ2v) is 6.05. The molecular weight excluding hydrogens is 320 g/mol. The predicted molar refractivity (Wildman–Crippen MR) is 96.2 cm³/mol. The molecule has 118 valence electrons. The molecule has 5 heteroatoms. The van der Waals surface area contributed by atoms with E-state index in [0.717, 1.165) is 39.2 Å². The SMILES string of the molecule is NCc1ccccc1C1=NCc2cncnc2-c2ccc(Cl)cc21. The van der Waals surface area contributed by atoms with Crippen molar-refractivity contribution >= 4 is 17.3 Å². The molecule has 0 fully saturated rings. The Hall–Kier alpha value is -2.56. The Morgan fingerprint density at radius 1 is 1.04 bits per heavy atom. The molecule has 0 saturated carbocycles. The molecule has 0 saturated heterocycles. The van der Waals surface area contributed by atoms with Crippen molar-refractivity contribution in [3.05, 3.63) is 82.3 Å².